The van der Waals surface area contributed by atoms with Crippen molar-refractivity contribution in [2.24, 2.45) is 0 Å². The molecule has 1 amide bonds. The van der Waals surface area contributed by atoms with E-state index in [4.69, 9.17) is 9.47 Å². The zero-order valence-corrected chi connectivity index (χ0v) is 18.5. The Bertz CT molecular complexity index is 1100. The first-order valence-corrected chi connectivity index (χ1v) is 10.2. The second kappa shape index (κ2) is 9.51. The number of ether oxygens (including phenoxy) is 2. The maximum atomic E-state index is 12.6. The van der Waals surface area contributed by atoms with Crippen LogP contribution in [0.2, 0.25) is 0 Å². The van der Waals surface area contributed by atoms with Gasteiger partial charge in [-0.3, -0.25) is 14.9 Å². The zero-order valence-electron chi connectivity index (χ0n) is 18.5. The largest absolute Gasteiger partial charge is 0.495 e. The van der Waals surface area contributed by atoms with Crippen molar-refractivity contribution in [3.05, 3.63) is 94.0 Å². The van der Waals surface area contributed by atoms with E-state index >= 15 is 0 Å². The number of nitrogens with zero attached hydrogens (tertiary/aromatic N) is 1. The van der Waals surface area contributed by atoms with Crippen molar-refractivity contribution in [3.8, 4) is 11.5 Å². The second-order valence-electron chi connectivity index (χ2n) is 7.91. The number of hydrogen-bond acceptors (Lipinski definition) is 5. The van der Waals surface area contributed by atoms with Crippen LogP contribution in [0.25, 0.3) is 0 Å². The van der Waals surface area contributed by atoms with Crippen LogP contribution in [-0.2, 0) is 10.2 Å². The number of anilines is 1. The molecule has 3 aromatic carbocycles. The molecule has 32 heavy (non-hydrogen) atoms. The smallest absolute Gasteiger partial charge is 0.271 e. The van der Waals surface area contributed by atoms with Crippen molar-refractivity contribution < 1.29 is 19.2 Å². The quantitative estimate of drug-likeness (QED) is 0.382. The first kappa shape index (κ1) is 22.8. The van der Waals surface area contributed by atoms with Gasteiger partial charge in [-0.15, -0.1) is 0 Å². The number of methoxy groups -OCH3 is 1. The van der Waals surface area contributed by atoms with Crippen molar-refractivity contribution in [1.29, 1.82) is 0 Å². The maximum absolute atomic E-state index is 12.6. The molecule has 3 aromatic rings. The first-order valence-electron chi connectivity index (χ1n) is 10.2. The minimum Gasteiger partial charge on any atom is -0.495 e. The van der Waals surface area contributed by atoms with Crippen LogP contribution < -0.4 is 14.8 Å². The van der Waals surface area contributed by atoms with Gasteiger partial charge in [0, 0.05) is 17.5 Å². The second-order valence-corrected chi connectivity index (χ2v) is 7.91. The van der Waals surface area contributed by atoms with Gasteiger partial charge in [-0.2, -0.15) is 0 Å². The average molecular weight is 434 g/mol. The molecule has 166 valence electrons. The zero-order chi connectivity index (χ0) is 23.3. The molecule has 0 fully saturated rings. The van der Waals surface area contributed by atoms with Gasteiger partial charge in [-0.1, -0.05) is 56.3 Å². The van der Waals surface area contributed by atoms with Crippen LogP contribution in [-0.4, -0.2) is 24.0 Å². The number of hydrogen-bond donors (Lipinski definition) is 1. The van der Waals surface area contributed by atoms with Crippen molar-refractivity contribution >= 4 is 17.3 Å². The Morgan fingerprint density at radius 1 is 1.00 bits per heavy atom. The molecule has 0 aliphatic rings. The number of amides is 1. The van der Waals surface area contributed by atoms with E-state index in [1.165, 1.54) is 30.9 Å². The van der Waals surface area contributed by atoms with Gasteiger partial charge < -0.3 is 14.8 Å². The highest BCUT2D eigenvalue weighted by Crippen LogP contribution is 2.32. The number of nitro benzene ring substituents is 1. The van der Waals surface area contributed by atoms with Crippen LogP contribution in [0.5, 0.6) is 11.5 Å². The topological polar surface area (TPSA) is 90.7 Å². The first-order chi connectivity index (χ1) is 15.2. The summed E-state index contributed by atoms with van der Waals surface area (Å²) in [5.41, 5.74) is 2.21. The third-order valence-corrected chi connectivity index (χ3v) is 5.41. The van der Waals surface area contributed by atoms with Crippen molar-refractivity contribution in [3.63, 3.8) is 0 Å². The van der Waals surface area contributed by atoms with Crippen LogP contribution in [0, 0.1) is 10.1 Å². The number of rotatable bonds is 8. The van der Waals surface area contributed by atoms with E-state index in [2.05, 4.69) is 31.3 Å². The van der Waals surface area contributed by atoms with Gasteiger partial charge in [0.2, 0.25) is 0 Å². The van der Waals surface area contributed by atoms with Gasteiger partial charge in [0.1, 0.15) is 11.5 Å². The fraction of sp³-hybridized carbons (Fsp3) is 0.240. The molecular weight excluding hydrogens is 408 g/mol. The molecule has 0 aromatic heterocycles. The fourth-order valence-electron chi connectivity index (χ4n) is 3.37. The SMILES string of the molecule is COc1ccc([N+](=O)[O-])cc1NC(=O)C(C)Oc1ccc(C(C)(C)c2ccccc2)cc1. The predicted octanol–water partition coefficient (Wildman–Crippen LogP) is 5.34. The molecule has 0 aliphatic carbocycles. The molecule has 7 nitrogen and oxygen atoms in total. The highest BCUT2D eigenvalue weighted by molar-refractivity contribution is 5.95. The lowest BCUT2D eigenvalue weighted by molar-refractivity contribution is -0.384. The monoisotopic (exact) mass is 434 g/mol. The Labute approximate surface area is 187 Å². The molecule has 0 aliphatic heterocycles. The lowest BCUT2D eigenvalue weighted by atomic mass is 9.78. The number of benzene rings is 3. The summed E-state index contributed by atoms with van der Waals surface area (Å²) in [5, 5.41) is 13.7. The Hall–Kier alpha value is -3.87. The molecule has 0 heterocycles. The molecule has 0 saturated carbocycles. The van der Waals surface area contributed by atoms with E-state index in [0.29, 0.717) is 11.5 Å². The van der Waals surface area contributed by atoms with E-state index in [1.807, 2.05) is 42.5 Å². The summed E-state index contributed by atoms with van der Waals surface area (Å²) in [5.74, 6) is 0.424. The van der Waals surface area contributed by atoms with Crippen molar-refractivity contribution in [2.45, 2.75) is 32.3 Å². The number of non-ortho nitro benzene ring substituents is 1. The fourth-order valence-corrected chi connectivity index (χ4v) is 3.37. The Kier molecular flexibility index (Phi) is 6.78. The van der Waals surface area contributed by atoms with E-state index < -0.39 is 16.9 Å². The van der Waals surface area contributed by atoms with Crippen molar-refractivity contribution in [1.82, 2.24) is 0 Å². The molecule has 0 bridgehead atoms. The van der Waals surface area contributed by atoms with Gasteiger partial charge in [0.15, 0.2) is 6.10 Å². The van der Waals surface area contributed by atoms with E-state index in [1.54, 1.807) is 6.92 Å². The number of carbonyl (C=O) groups is 1. The standard InChI is InChI=1S/C25H26N2O5/c1-17(24(28)26-22-16-20(27(29)30)12-15-23(22)31-4)32-21-13-10-19(11-14-21)25(2,3)18-8-6-5-7-9-18/h5-17H,1-4H3,(H,26,28). The molecular formula is C25H26N2O5. The van der Waals surface area contributed by atoms with E-state index in [-0.39, 0.29) is 16.8 Å². The highest BCUT2D eigenvalue weighted by Gasteiger charge is 2.23. The van der Waals surface area contributed by atoms with Crippen LogP contribution in [0.3, 0.4) is 0 Å². The maximum Gasteiger partial charge on any atom is 0.271 e. The Morgan fingerprint density at radius 2 is 1.62 bits per heavy atom. The van der Waals surface area contributed by atoms with Gasteiger partial charge >= 0.3 is 0 Å². The molecule has 0 saturated heterocycles. The van der Waals surface area contributed by atoms with Gasteiger partial charge in [-0.05, 0) is 36.2 Å². The van der Waals surface area contributed by atoms with Crippen LogP contribution >= 0.6 is 0 Å². The van der Waals surface area contributed by atoms with E-state index in [0.717, 1.165) is 5.56 Å². The van der Waals surface area contributed by atoms with Gasteiger partial charge in [0.05, 0.1) is 17.7 Å². The molecule has 0 spiro atoms. The molecule has 7 heteroatoms. The van der Waals surface area contributed by atoms with Crippen LogP contribution in [0.4, 0.5) is 11.4 Å². The molecule has 1 atom stereocenters. The molecule has 1 N–H and O–H groups in total. The van der Waals surface area contributed by atoms with E-state index in [9.17, 15) is 14.9 Å². The van der Waals surface area contributed by atoms with Gasteiger partial charge in [0.25, 0.3) is 11.6 Å². The third-order valence-electron chi connectivity index (χ3n) is 5.41. The lowest BCUT2D eigenvalue weighted by Gasteiger charge is -2.26. The van der Waals surface area contributed by atoms with Crippen LogP contribution in [0.1, 0.15) is 31.9 Å². The lowest BCUT2D eigenvalue weighted by Crippen LogP contribution is -2.30. The summed E-state index contributed by atoms with van der Waals surface area (Å²) < 4.78 is 11.0. The molecule has 3 rings (SSSR count). The normalized spacial score (nSPS) is 12.0. The number of carbonyl (C=O) groups excluding carboxylic acids is 1. The highest BCUT2D eigenvalue weighted by atomic mass is 16.6. The van der Waals surface area contributed by atoms with Crippen molar-refractivity contribution in [2.75, 3.05) is 12.4 Å². The van der Waals surface area contributed by atoms with Crippen LogP contribution in [0.15, 0.2) is 72.8 Å². The summed E-state index contributed by atoms with van der Waals surface area (Å²) in [6, 6.07) is 21.9. The molecule has 1 unspecified atom stereocenters. The summed E-state index contributed by atoms with van der Waals surface area (Å²) in [7, 11) is 1.43. The Balaban J connectivity index is 1.70. The summed E-state index contributed by atoms with van der Waals surface area (Å²) >= 11 is 0. The third kappa shape index (κ3) is 5.06. The Morgan fingerprint density at radius 3 is 2.22 bits per heavy atom. The molecule has 0 radical (unpaired) electrons. The minimum absolute atomic E-state index is 0.147. The average Bonchev–Trinajstić information content (AvgIpc) is 2.79. The minimum atomic E-state index is -0.827. The number of nitro groups is 1. The predicted molar refractivity (Wildman–Crippen MR) is 123 cm³/mol. The number of nitrogens with one attached hydrogen (secondary N) is 1. The summed E-state index contributed by atoms with van der Waals surface area (Å²) in [4.78, 5) is 23.1. The summed E-state index contributed by atoms with van der Waals surface area (Å²) in [6.07, 6.45) is -0.827. The van der Waals surface area contributed by atoms with Gasteiger partial charge in [-0.25, -0.2) is 0 Å². The summed E-state index contributed by atoms with van der Waals surface area (Å²) in [6.45, 7) is 5.92.